The molecule has 0 fully saturated rings. The number of hydrogen-bond donors (Lipinski definition) is 1. The molecule has 88 valence electrons. The third-order valence-corrected chi connectivity index (χ3v) is 4.00. The maximum Gasteiger partial charge on any atom is 0.130 e. The Bertz CT molecular complexity index is 584. The van der Waals surface area contributed by atoms with Crippen molar-refractivity contribution in [3.05, 3.63) is 49.0 Å². The van der Waals surface area contributed by atoms with Gasteiger partial charge in [0.05, 0.1) is 8.59 Å². The van der Waals surface area contributed by atoms with E-state index in [0.717, 1.165) is 11.1 Å². The molecule has 0 aliphatic heterocycles. The summed E-state index contributed by atoms with van der Waals surface area (Å²) in [7, 11) is 0. The summed E-state index contributed by atoms with van der Waals surface area (Å²) in [6.45, 7) is 0. The van der Waals surface area contributed by atoms with E-state index in [-0.39, 0.29) is 5.75 Å². The topological polar surface area (TPSA) is 20.2 Å². The molecule has 0 amide bonds. The van der Waals surface area contributed by atoms with E-state index >= 15 is 0 Å². The van der Waals surface area contributed by atoms with Crippen molar-refractivity contribution in [3.63, 3.8) is 0 Å². The van der Waals surface area contributed by atoms with Gasteiger partial charge in [-0.05, 0) is 46.9 Å². The number of rotatable bonds is 1. The van der Waals surface area contributed by atoms with Crippen LogP contribution in [0, 0.1) is 3.57 Å². The number of halogens is 4. The van der Waals surface area contributed by atoms with Crippen molar-refractivity contribution in [1.29, 1.82) is 0 Å². The quantitative estimate of drug-likeness (QED) is 0.617. The van der Waals surface area contributed by atoms with Crippen LogP contribution in [0.1, 0.15) is 0 Å². The van der Waals surface area contributed by atoms with Crippen molar-refractivity contribution in [3.8, 4) is 16.9 Å². The van der Waals surface area contributed by atoms with Gasteiger partial charge in [0, 0.05) is 27.2 Å². The van der Waals surface area contributed by atoms with Gasteiger partial charge in [-0.2, -0.15) is 0 Å². The molecular formula is C12H6Cl3IO. The molecule has 2 aromatic rings. The molecule has 0 heterocycles. The van der Waals surface area contributed by atoms with Gasteiger partial charge in [-0.3, -0.25) is 0 Å². The van der Waals surface area contributed by atoms with E-state index in [0.29, 0.717) is 18.6 Å². The molecule has 0 saturated carbocycles. The molecule has 5 heteroatoms. The molecule has 2 aromatic carbocycles. The minimum Gasteiger partial charge on any atom is -0.507 e. The van der Waals surface area contributed by atoms with Gasteiger partial charge in [0.2, 0.25) is 0 Å². The molecule has 0 atom stereocenters. The number of aromatic hydroxyl groups is 1. The van der Waals surface area contributed by atoms with Crippen LogP contribution >= 0.6 is 57.4 Å². The number of phenolic OH excluding ortho intramolecular Hbond substituents is 1. The van der Waals surface area contributed by atoms with E-state index in [4.69, 9.17) is 34.8 Å². The molecule has 0 aromatic heterocycles. The SMILES string of the molecule is Oc1cc(Cl)c(-c2cc(Cl)ccc2Cl)cc1I. The summed E-state index contributed by atoms with van der Waals surface area (Å²) >= 11 is 20.2. The molecule has 0 aliphatic carbocycles. The zero-order chi connectivity index (χ0) is 12.6. The van der Waals surface area contributed by atoms with Crippen molar-refractivity contribution in [2.24, 2.45) is 0 Å². The summed E-state index contributed by atoms with van der Waals surface area (Å²) in [6, 6.07) is 8.45. The van der Waals surface area contributed by atoms with Crippen LogP contribution in [0.3, 0.4) is 0 Å². The molecule has 17 heavy (non-hydrogen) atoms. The van der Waals surface area contributed by atoms with Gasteiger partial charge in [-0.1, -0.05) is 34.8 Å². The summed E-state index contributed by atoms with van der Waals surface area (Å²) in [5, 5.41) is 11.1. The highest BCUT2D eigenvalue weighted by Crippen LogP contribution is 2.38. The normalized spacial score (nSPS) is 10.6. The van der Waals surface area contributed by atoms with Crippen LogP contribution in [-0.2, 0) is 0 Å². The average molecular weight is 399 g/mol. The van der Waals surface area contributed by atoms with Gasteiger partial charge in [0.15, 0.2) is 0 Å². The second-order valence-corrected chi connectivity index (χ2v) is 5.82. The third kappa shape index (κ3) is 2.81. The molecule has 0 aliphatic rings. The van der Waals surface area contributed by atoms with Crippen molar-refractivity contribution in [2.45, 2.75) is 0 Å². The number of hydrogen-bond acceptors (Lipinski definition) is 1. The van der Waals surface area contributed by atoms with E-state index in [1.807, 2.05) is 22.6 Å². The van der Waals surface area contributed by atoms with Gasteiger partial charge in [-0.15, -0.1) is 0 Å². The zero-order valence-corrected chi connectivity index (χ0v) is 12.8. The standard InChI is InChI=1S/C12H6Cl3IO/c13-6-1-2-9(14)7(3-6)8-4-11(16)12(17)5-10(8)15/h1-5,17H. The Morgan fingerprint density at radius 1 is 0.882 bits per heavy atom. The van der Waals surface area contributed by atoms with Crippen molar-refractivity contribution >= 4 is 57.4 Å². The lowest BCUT2D eigenvalue weighted by molar-refractivity contribution is 0.471. The Labute approximate surface area is 127 Å². The van der Waals surface area contributed by atoms with Gasteiger partial charge >= 0.3 is 0 Å². The summed E-state index contributed by atoms with van der Waals surface area (Å²) in [6.07, 6.45) is 0. The minimum atomic E-state index is 0.150. The van der Waals surface area contributed by atoms with Crippen molar-refractivity contribution in [2.75, 3.05) is 0 Å². The van der Waals surface area contributed by atoms with E-state index in [1.165, 1.54) is 6.07 Å². The van der Waals surface area contributed by atoms with Crippen LogP contribution in [0.15, 0.2) is 30.3 Å². The monoisotopic (exact) mass is 398 g/mol. The first-order chi connectivity index (χ1) is 7.99. The van der Waals surface area contributed by atoms with Crippen LogP contribution in [-0.4, -0.2) is 5.11 Å². The molecular weight excluding hydrogens is 393 g/mol. The smallest absolute Gasteiger partial charge is 0.130 e. The summed E-state index contributed by atoms with van der Waals surface area (Å²) in [5.74, 6) is 0.150. The van der Waals surface area contributed by atoms with Crippen LogP contribution < -0.4 is 0 Å². The average Bonchev–Trinajstić information content (AvgIpc) is 2.27. The third-order valence-electron chi connectivity index (χ3n) is 2.26. The summed E-state index contributed by atoms with van der Waals surface area (Å²) < 4.78 is 0.707. The summed E-state index contributed by atoms with van der Waals surface area (Å²) in [5.41, 5.74) is 1.50. The van der Waals surface area contributed by atoms with Crippen LogP contribution in [0.4, 0.5) is 0 Å². The second-order valence-electron chi connectivity index (χ2n) is 3.41. The van der Waals surface area contributed by atoms with E-state index < -0.39 is 0 Å². The molecule has 2 rings (SSSR count). The van der Waals surface area contributed by atoms with Crippen LogP contribution in [0.25, 0.3) is 11.1 Å². The lowest BCUT2D eigenvalue weighted by Crippen LogP contribution is -1.84. The van der Waals surface area contributed by atoms with E-state index in [1.54, 1.807) is 24.3 Å². The van der Waals surface area contributed by atoms with Gasteiger partial charge < -0.3 is 5.11 Å². The highest BCUT2D eigenvalue weighted by atomic mass is 127. The Balaban J connectivity index is 2.68. The molecule has 1 nitrogen and oxygen atoms in total. The Morgan fingerprint density at radius 3 is 2.24 bits per heavy atom. The zero-order valence-electron chi connectivity index (χ0n) is 8.35. The highest BCUT2D eigenvalue weighted by molar-refractivity contribution is 14.1. The lowest BCUT2D eigenvalue weighted by Gasteiger charge is -2.09. The molecule has 1 N–H and O–H groups in total. The van der Waals surface area contributed by atoms with Crippen LogP contribution in [0.2, 0.25) is 15.1 Å². The van der Waals surface area contributed by atoms with E-state index in [2.05, 4.69) is 0 Å². The Kier molecular flexibility index (Phi) is 4.08. The number of benzene rings is 2. The first-order valence-corrected chi connectivity index (χ1v) is 6.83. The van der Waals surface area contributed by atoms with Crippen LogP contribution in [0.5, 0.6) is 5.75 Å². The maximum atomic E-state index is 9.54. The van der Waals surface area contributed by atoms with E-state index in [9.17, 15) is 5.11 Å². The fraction of sp³-hybridized carbons (Fsp3) is 0. The Hall–Kier alpha value is -0.160. The summed E-state index contributed by atoms with van der Waals surface area (Å²) in [4.78, 5) is 0. The van der Waals surface area contributed by atoms with Gasteiger partial charge in [0.1, 0.15) is 5.75 Å². The number of phenols is 1. The van der Waals surface area contributed by atoms with Gasteiger partial charge in [0.25, 0.3) is 0 Å². The molecule has 0 bridgehead atoms. The first-order valence-electron chi connectivity index (χ1n) is 4.62. The largest absolute Gasteiger partial charge is 0.507 e. The molecule has 0 radical (unpaired) electrons. The minimum absolute atomic E-state index is 0.150. The predicted octanol–water partition coefficient (Wildman–Crippen LogP) is 5.62. The van der Waals surface area contributed by atoms with Gasteiger partial charge in [-0.25, -0.2) is 0 Å². The fourth-order valence-electron chi connectivity index (χ4n) is 1.45. The Morgan fingerprint density at radius 2 is 1.53 bits per heavy atom. The van der Waals surface area contributed by atoms with Crippen molar-refractivity contribution in [1.82, 2.24) is 0 Å². The first kappa shape index (κ1) is 13.3. The fourth-order valence-corrected chi connectivity index (χ4v) is 2.56. The maximum absolute atomic E-state index is 9.54. The molecule has 0 spiro atoms. The highest BCUT2D eigenvalue weighted by Gasteiger charge is 2.11. The van der Waals surface area contributed by atoms with Crippen molar-refractivity contribution < 1.29 is 5.11 Å². The molecule has 0 saturated heterocycles. The predicted molar refractivity (Wildman–Crippen MR) is 81.3 cm³/mol. The second kappa shape index (κ2) is 5.22. The molecule has 0 unspecified atom stereocenters. The lowest BCUT2D eigenvalue weighted by atomic mass is 10.1.